The van der Waals surface area contributed by atoms with E-state index in [4.69, 9.17) is 0 Å². The van der Waals surface area contributed by atoms with Crippen molar-refractivity contribution >= 4 is 16.5 Å². The number of hydrogen-bond donors (Lipinski definition) is 1. The van der Waals surface area contributed by atoms with Gasteiger partial charge >= 0.3 is 0 Å². The van der Waals surface area contributed by atoms with Crippen molar-refractivity contribution in [3.05, 3.63) is 11.6 Å². The van der Waals surface area contributed by atoms with E-state index in [-0.39, 0.29) is 0 Å². The first-order valence-corrected chi connectivity index (χ1v) is 6.89. The van der Waals surface area contributed by atoms with Crippen LogP contribution in [0.5, 0.6) is 0 Å². The highest BCUT2D eigenvalue weighted by Gasteiger charge is 2.30. The van der Waals surface area contributed by atoms with Gasteiger partial charge in [0.05, 0.1) is 0 Å². The summed E-state index contributed by atoms with van der Waals surface area (Å²) in [5, 5.41) is 6.90. The Morgan fingerprint density at radius 1 is 1.44 bits per heavy atom. The average Bonchev–Trinajstić information content (AvgIpc) is 2.70. The number of thiazole rings is 1. The largest absolute Gasteiger partial charge is 0.348 e. The van der Waals surface area contributed by atoms with Crippen LogP contribution < -0.4 is 10.2 Å². The van der Waals surface area contributed by atoms with Crippen LogP contribution in [0.15, 0.2) is 11.6 Å². The molecule has 0 radical (unpaired) electrons. The molecule has 1 aliphatic heterocycles. The first-order valence-electron chi connectivity index (χ1n) is 6.01. The molecule has 0 aromatic carbocycles. The van der Waals surface area contributed by atoms with E-state index in [9.17, 15) is 0 Å². The molecule has 1 N–H and O–H groups in total. The van der Waals surface area contributed by atoms with E-state index in [2.05, 4.69) is 41.4 Å². The molecule has 2 rings (SSSR count). The van der Waals surface area contributed by atoms with Crippen LogP contribution in [0.2, 0.25) is 0 Å². The molecule has 3 nitrogen and oxygen atoms in total. The molecular formula is C12H21N3S. The molecule has 0 bridgehead atoms. The van der Waals surface area contributed by atoms with Crippen LogP contribution in [0.3, 0.4) is 0 Å². The van der Waals surface area contributed by atoms with Crippen molar-refractivity contribution in [2.24, 2.45) is 0 Å². The maximum absolute atomic E-state index is 4.37. The minimum absolute atomic E-state index is 0.307. The van der Waals surface area contributed by atoms with Crippen LogP contribution >= 0.6 is 11.3 Å². The van der Waals surface area contributed by atoms with Crippen LogP contribution in [0.1, 0.15) is 33.6 Å². The molecule has 1 saturated heterocycles. The first-order chi connectivity index (χ1) is 7.59. The molecule has 1 aromatic heterocycles. The molecule has 16 heavy (non-hydrogen) atoms. The van der Waals surface area contributed by atoms with Gasteiger partial charge in [0, 0.05) is 36.2 Å². The van der Waals surface area contributed by atoms with Gasteiger partial charge in [-0.05, 0) is 19.8 Å². The fourth-order valence-electron chi connectivity index (χ4n) is 2.40. The highest BCUT2D eigenvalue weighted by molar-refractivity contribution is 7.13. The number of nitrogens with one attached hydrogen (secondary N) is 1. The van der Waals surface area contributed by atoms with E-state index in [0.717, 1.165) is 13.1 Å². The Morgan fingerprint density at radius 3 is 2.62 bits per heavy atom. The molecular weight excluding hydrogens is 218 g/mol. The summed E-state index contributed by atoms with van der Waals surface area (Å²) >= 11 is 1.74. The van der Waals surface area contributed by atoms with Gasteiger partial charge in [-0.3, -0.25) is 0 Å². The Bertz CT molecular complexity index is 313. The molecule has 0 amide bonds. The molecule has 0 unspecified atom stereocenters. The van der Waals surface area contributed by atoms with Crippen LogP contribution in [-0.4, -0.2) is 29.7 Å². The van der Waals surface area contributed by atoms with Crippen molar-refractivity contribution in [3.63, 3.8) is 0 Å². The van der Waals surface area contributed by atoms with E-state index < -0.39 is 0 Å². The number of nitrogens with zero attached hydrogens (tertiary/aromatic N) is 2. The highest BCUT2D eigenvalue weighted by Crippen LogP contribution is 2.27. The van der Waals surface area contributed by atoms with Gasteiger partial charge in [0.25, 0.3) is 0 Å². The Labute approximate surface area is 102 Å². The minimum atomic E-state index is 0.307. The zero-order valence-corrected chi connectivity index (χ0v) is 11.2. The predicted molar refractivity (Wildman–Crippen MR) is 70.2 cm³/mol. The van der Waals surface area contributed by atoms with E-state index in [0.29, 0.717) is 11.6 Å². The van der Waals surface area contributed by atoms with Crippen molar-refractivity contribution in [3.8, 4) is 0 Å². The monoisotopic (exact) mass is 239 g/mol. The van der Waals surface area contributed by atoms with Gasteiger partial charge in [-0.25, -0.2) is 4.98 Å². The van der Waals surface area contributed by atoms with Gasteiger partial charge < -0.3 is 10.2 Å². The van der Waals surface area contributed by atoms with Gasteiger partial charge in [0.15, 0.2) is 5.13 Å². The first kappa shape index (κ1) is 11.9. The SMILES string of the molecule is CC(C)NC1(C)CCN(c2nccs2)CC1. The summed E-state index contributed by atoms with van der Waals surface area (Å²) in [5.74, 6) is 0. The number of rotatable bonds is 3. The normalized spacial score (nSPS) is 20.4. The summed E-state index contributed by atoms with van der Waals surface area (Å²) in [6, 6.07) is 0.566. The Balaban J connectivity index is 1.91. The van der Waals surface area contributed by atoms with Crippen molar-refractivity contribution < 1.29 is 0 Å². The fraction of sp³-hybridized carbons (Fsp3) is 0.750. The zero-order valence-electron chi connectivity index (χ0n) is 10.4. The van der Waals surface area contributed by atoms with E-state index in [1.165, 1.54) is 18.0 Å². The maximum atomic E-state index is 4.37. The van der Waals surface area contributed by atoms with Gasteiger partial charge in [-0.15, -0.1) is 11.3 Å². The summed E-state index contributed by atoms with van der Waals surface area (Å²) < 4.78 is 0. The van der Waals surface area contributed by atoms with Crippen LogP contribution in [-0.2, 0) is 0 Å². The summed E-state index contributed by atoms with van der Waals surface area (Å²) in [7, 11) is 0. The molecule has 0 aliphatic carbocycles. The quantitative estimate of drug-likeness (QED) is 0.878. The number of anilines is 1. The van der Waals surface area contributed by atoms with Crippen molar-refractivity contribution in [1.29, 1.82) is 0 Å². The van der Waals surface area contributed by atoms with Crippen molar-refractivity contribution in [1.82, 2.24) is 10.3 Å². The molecule has 90 valence electrons. The highest BCUT2D eigenvalue weighted by atomic mass is 32.1. The van der Waals surface area contributed by atoms with Crippen molar-refractivity contribution in [2.45, 2.75) is 45.2 Å². The molecule has 1 aromatic rings. The summed E-state index contributed by atoms with van der Waals surface area (Å²) in [6.07, 6.45) is 4.29. The third-order valence-electron chi connectivity index (χ3n) is 3.19. The van der Waals surface area contributed by atoms with E-state index in [1.54, 1.807) is 11.3 Å². The topological polar surface area (TPSA) is 28.2 Å². The molecule has 1 aliphatic rings. The summed E-state index contributed by atoms with van der Waals surface area (Å²) in [4.78, 5) is 6.77. The smallest absolute Gasteiger partial charge is 0.185 e. The Hall–Kier alpha value is -0.610. The lowest BCUT2D eigenvalue weighted by atomic mass is 9.89. The lowest BCUT2D eigenvalue weighted by molar-refractivity contribution is 0.264. The summed E-state index contributed by atoms with van der Waals surface area (Å²) in [5.41, 5.74) is 0.307. The van der Waals surface area contributed by atoms with Gasteiger partial charge in [-0.2, -0.15) is 0 Å². The fourth-order valence-corrected chi connectivity index (χ4v) is 3.10. The second-order valence-corrected chi connectivity index (χ2v) is 6.03. The Morgan fingerprint density at radius 2 is 2.12 bits per heavy atom. The lowest BCUT2D eigenvalue weighted by Gasteiger charge is -2.41. The number of hydrogen-bond acceptors (Lipinski definition) is 4. The van der Waals surface area contributed by atoms with Gasteiger partial charge in [0.2, 0.25) is 0 Å². The lowest BCUT2D eigenvalue weighted by Crippen LogP contribution is -2.53. The maximum Gasteiger partial charge on any atom is 0.185 e. The molecule has 4 heteroatoms. The standard InChI is InChI=1S/C12H21N3S/c1-10(2)14-12(3)4-7-15(8-5-12)11-13-6-9-16-11/h6,9-10,14H,4-5,7-8H2,1-3H3. The molecule has 2 heterocycles. The second kappa shape index (κ2) is 4.72. The molecule has 0 saturated carbocycles. The predicted octanol–water partition coefficient (Wildman–Crippen LogP) is 2.50. The van der Waals surface area contributed by atoms with Crippen LogP contribution in [0.4, 0.5) is 5.13 Å². The molecule has 0 atom stereocenters. The average molecular weight is 239 g/mol. The van der Waals surface area contributed by atoms with E-state index >= 15 is 0 Å². The third kappa shape index (κ3) is 2.74. The van der Waals surface area contributed by atoms with Crippen molar-refractivity contribution in [2.75, 3.05) is 18.0 Å². The Kier molecular flexibility index (Phi) is 3.50. The zero-order chi connectivity index (χ0) is 11.6. The number of piperidine rings is 1. The van der Waals surface area contributed by atoms with Crippen LogP contribution in [0.25, 0.3) is 0 Å². The molecule has 0 spiro atoms. The van der Waals surface area contributed by atoms with Gasteiger partial charge in [-0.1, -0.05) is 13.8 Å². The summed E-state index contributed by atoms with van der Waals surface area (Å²) in [6.45, 7) is 9.01. The number of aromatic nitrogens is 1. The van der Waals surface area contributed by atoms with Crippen LogP contribution in [0, 0.1) is 0 Å². The second-order valence-electron chi connectivity index (χ2n) is 5.16. The van der Waals surface area contributed by atoms with Gasteiger partial charge in [0.1, 0.15) is 0 Å². The third-order valence-corrected chi connectivity index (χ3v) is 4.03. The molecule has 1 fully saturated rings. The minimum Gasteiger partial charge on any atom is -0.348 e. The van der Waals surface area contributed by atoms with E-state index in [1.807, 2.05) is 6.20 Å².